The molecule has 1 atom stereocenters. The van der Waals surface area contributed by atoms with Gasteiger partial charge in [0.15, 0.2) is 0 Å². The van der Waals surface area contributed by atoms with Crippen molar-refractivity contribution in [3.05, 3.63) is 59.2 Å². The molecule has 106 valence electrons. The Balaban J connectivity index is 2.13. The van der Waals surface area contributed by atoms with E-state index < -0.39 is 0 Å². The minimum absolute atomic E-state index is 0.370. The third kappa shape index (κ3) is 3.40. The van der Waals surface area contributed by atoms with Crippen LogP contribution in [0.2, 0.25) is 0 Å². The second-order valence-corrected chi connectivity index (χ2v) is 5.15. The van der Waals surface area contributed by atoms with Gasteiger partial charge in [-0.15, -0.1) is 0 Å². The van der Waals surface area contributed by atoms with E-state index in [-0.39, 0.29) is 0 Å². The van der Waals surface area contributed by atoms with Gasteiger partial charge in [-0.05, 0) is 62.2 Å². The molecular formula is C18H23NO. The Labute approximate surface area is 121 Å². The van der Waals surface area contributed by atoms with Crippen LogP contribution in [0.1, 0.15) is 36.6 Å². The molecule has 0 aliphatic carbocycles. The van der Waals surface area contributed by atoms with Crippen LogP contribution in [0.3, 0.4) is 0 Å². The van der Waals surface area contributed by atoms with Crippen molar-refractivity contribution in [2.24, 2.45) is 0 Å². The standard InChI is InChI=1S/C18H23NO/c1-5-19-15(4)16-9-11-17(12-10-16)20-18-8-6-7-13(2)14(18)3/h6-12,15,19H,5H2,1-4H3. The summed E-state index contributed by atoms with van der Waals surface area (Å²) in [5, 5.41) is 3.41. The minimum atomic E-state index is 0.370. The molecule has 0 aliphatic heterocycles. The Bertz CT molecular complexity index is 560. The molecule has 1 unspecified atom stereocenters. The maximum atomic E-state index is 5.96. The van der Waals surface area contributed by atoms with Gasteiger partial charge in [0.05, 0.1) is 0 Å². The maximum absolute atomic E-state index is 5.96. The van der Waals surface area contributed by atoms with E-state index in [2.05, 4.69) is 51.2 Å². The van der Waals surface area contributed by atoms with Gasteiger partial charge in [-0.25, -0.2) is 0 Å². The van der Waals surface area contributed by atoms with E-state index in [9.17, 15) is 0 Å². The molecule has 0 saturated carbocycles. The summed E-state index contributed by atoms with van der Waals surface area (Å²) in [5.74, 6) is 1.81. The zero-order valence-electron chi connectivity index (χ0n) is 12.7. The van der Waals surface area contributed by atoms with Crippen LogP contribution < -0.4 is 10.1 Å². The Morgan fingerprint density at radius 2 is 1.75 bits per heavy atom. The number of nitrogens with one attached hydrogen (secondary N) is 1. The third-order valence-corrected chi connectivity index (χ3v) is 3.67. The summed E-state index contributed by atoms with van der Waals surface area (Å²) < 4.78 is 5.96. The monoisotopic (exact) mass is 269 g/mol. The van der Waals surface area contributed by atoms with Crippen molar-refractivity contribution in [2.45, 2.75) is 33.7 Å². The predicted molar refractivity (Wildman–Crippen MR) is 84.5 cm³/mol. The van der Waals surface area contributed by atoms with Crippen LogP contribution in [-0.2, 0) is 0 Å². The molecule has 20 heavy (non-hydrogen) atoms. The highest BCUT2D eigenvalue weighted by molar-refractivity contribution is 5.41. The van der Waals surface area contributed by atoms with Crippen LogP contribution in [0.5, 0.6) is 11.5 Å². The van der Waals surface area contributed by atoms with Crippen LogP contribution in [0.4, 0.5) is 0 Å². The Morgan fingerprint density at radius 1 is 1.05 bits per heavy atom. The van der Waals surface area contributed by atoms with Crippen molar-refractivity contribution in [3.63, 3.8) is 0 Å². The number of aryl methyl sites for hydroxylation is 1. The molecule has 2 heteroatoms. The molecule has 1 N–H and O–H groups in total. The average molecular weight is 269 g/mol. The van der Waals surface area contributed by atoms with Crippen molar-refractivity contribution >= 4 is 0 Å². The fourth-order valence-electron chi connectivity index (χ4n) is 2.21. The average Bonchev–Trinajstić information content (AvgIpc) is 2.45. The SMILES string of the molecule is CCNC(C)c1ccc(Oc2cccc(C)c2C)cc1. The van der Waals surface area contributed by atoms with E-state index in [1.165, 1.54) is 16.7 Å². The van der Waals surface area contributed by atoms with Gasteiger partial charge in [-0.1, -0.05) is 31.2 Å². The molecule has 0 heterocycles. The summed E-state index contributed by atoms with van der Waals surface area (Å²) >= 11 is 0. The molecule has 0 aliphatic rings. The van der Waals surface area contributed by atoms with Crippen molar-refractivity contribution in [1.29, 1.82) is 0 Å². The predicted octanol–water partition coefficient (Wildman–Crippen LogP) is 4.77. The van der Waals surface area contributed by atoms with E-state index >= 15 is 0 Å². The zero-order valence-corrected chi connectivity index (χ0v) is 12.7. The first-order valence-electron chi connectivity index (χ1n) is 7.19. The molecule has 2 aromatic rings. The smallest absolute Gasteiger partial charge is 0.130 e. The highest BCUT2D eigenvalue weighted by atomic mass is 16.5. The van der Waals surface area contributed by atoms with E-state index in [0.717, 1.165) is 18.0 Å². The van der Waals surface area contributed by atoms with E-state index in [4.69, 9.17) is 4.74 Å². The van der Waals surface area contributed by atoms with Crippen LogP contribution in [-0.4, -0.2) is 6.54 Å². The fourth-order valence-corrected chi connectivity index (χ4v) is 2.21. The Kier molecular flexibility index (Phi) is 4.80. The van der Waals surface area contributed by atoms with Gasteiger partial charge in [0.2, 0.25) is 0 Å². The van der Waals surface area contributed by atoms with Crippen molar-refractivity contribution < 1.29 is 4.74 Å². The Morgan fingerprint density at radius 3 is 2.40 bits per heavy atom. The lowest BCUT2D eigenvalue weighted by Gasteiger charge is -2.14. The van der Waals surface area contributed by atoms with Crippen LogP contribution in [0, 0.1) is 13.8 Å². The lowest BCUT2D eigenvalue weighted by Crippen LogP contribution is -2.17. The van der Waals surface area contributed by atoms with Gasteiger partial charge >= 0.3 is 0 Å². The molecule has 0 spiro atoms. The molecule has 0 fully saturated rings. The summed E-state index contributed by atoms with van der Waals surface area (Å²) in [6.45, 7) is 9.45. The van der Waals surface area contributed by atoms with Crippen molar-refractivity contribution in [2.75, 3.05) is 6.54 Å². The zero-order chi connectivity index (χ0) is 14.5. The van der Waals surface area contributed by atoms with Gasteiger partial charge in [0, 0.05) is 6.04 Å². The highest BCUT2D eigenvalue weighted by Crippen LogP contribution is 2.27. The second kappa shape index (κ2) is 6.58. The third-order valence-electron chi connectivity index (χ3n) is 3.67. The number of ether oxygens (including phenoxy) is 1. The molecule has 0 aromatic heterocycles. The maximum Gasteiger partial charge on any atom is 0.130 e. The largest absolute Gasteiger partial charge is 0.457 e. The molecular weight excluding hydrogens is 246 g/mol. The second-order valence-electron chi connectivity index (χ2n) is 5.15. The number of hydrogen-bond donors (Lipinski definition) is 1. The number of hydrogen-bond acceptors (Lipinski definition) is 2. The van der Waals surface area contributed by atoms with Gasteiger partial charge in [-0.2, -0.15) is 0 Å². The molecule has 0 amide bonds. The first kappa shape index (κ1) is 14.6. The summed E-state index contributed by atoms with van der Waals surface area (Å²) in [7, 11) is 0. The van der Waals surface area contributed by atoms with Crippen LogP contribution >= 0.6 is 0 Å². The fraction of sp³-hybridized carbons (Fsp3) is 0.333. The normalized spacial score (nSPS) is 12.2. The quantitative estimate of drug-likeness (QED) is 0.844. The summed E-state index contributed by atoms with van der Waals surface area (Å²) in [5.41, 5.74) is 3.72. The van der Waals surface area contributed by atoms with Crippen molar-refractivity contribution in [3.8, 4) is 11.5 Å². The Hall–Kier alpha value is -1.80. The highest BCUT2D eigenvalue weighted by Gasteiger charge is 2.06. The first-order valence-corrected chi connectivity index (χ1v) is 7.19. The summed E-state index contributed by atoms with van der Waals surface area (Å²) in [6, 6.07) is 14.8. The van der Waals surface area contributed by atoms with E-state index in [1.54, 1.807) is 0 Å². The molecule has 2 aromatic carbocycles. The van der Waals surface area contributed by atoms with E-state index in [1.807, 2.05) is 24.3 Å². The topological polar surface area (TPSA) is 21.3 Å². The van der Waals surface area contributed by atoms with Gasteiger partial charge in [-0.3, -0.25) is 0 Å². The lowest BCUT2D eigenvalue weighted by molar-refractivity contribution is 0.477. The van der Waals surface area contributed by atoms with Gasteiger partial charge in [0.1, 0.15) is 11.5 Å². The van der Waals surface area contributed by atoms with Gasteiger partial charge < -0.3 is 10.1 Å². The molecule has 2 nitrogen and oxygen atoms in total. The molecule has 0 bridgehead atoms. The summed E-state index contributed by atoms with van der Waals surface area (Å²) in [6.07, 6.45) is 0. The number of rotatable bonds is 5. The first-order chi connectivity index (χ1) is 9.61. The van der Waals surface area contributed by atoms with Crippen LogP contribution in [0.25, 0.3) is 0 Å². The van der Waals surface area contributed by atoms with Crippen LogP contribution in [0.15, 0.2) is 42.5 Å². The number of benzene rings is 2. The summed E-state index contributed by atoms with van der Waals surface area (Å²) in [4.78, 5) is 0. The van der Waals surface area contributed by atoms with Gasteiger partial charge in [0.25, 0.3) is 0 Å². The molecule has 0 saturated heterocycles. The minimum Gasteiger partial charge on any atom is -0.457 e. The van der Waals surface area contributed by atoms with E-state index in [0.29, 0.717) is 6.04 Å². The molecule has 0 radical (unpaired) electrons. The van der Waals surface area contributed by atoms with Crippen molar-refractivity contribution in [1.82, 2.24) is 5.32 Å². The molecule has 2 rings (SSSR count). The lowest BCUT2D eigenvalue weighted by atomic mass is 10.1.